The summed E-state index contributed by atoms with van der Waals surface area (Å²) in [6, 6.07) is 0. The topological polar surface area (TPSA) is 17.1 Å². The van der Waals surface area contributed by atoms with Gasteiger partial charge in [0.25, 0.3) is 0 Å². The van der Waals surface area contributed by atoms with Gasteiger partial charge >= 0.3 is 0 Å². The van der Waals surface area contributed by atoms with Gasteiger partial charge in [-0.05, 0) is 45.6 Å². The summed E-state index contributed by atoms with van der Waals surface area (Å²) in [4.78, 5) is 10.7. The monoisotopic (exact) mass is 147 g/mol. The van der Waals surface area contributed by atoms with Gasteiger partial charge in [0, 0.05) is 5.92 Å². The fraction of sp³-hybridized carbons (Fsp3) is 0.200. The molecule has 0 aromatic rings. The summed E-state index contributed by atoms with van der Waals surface area (Å²) in [5.41, 5.74) is 1.03. The molecule has 0 saturated heterocycles. The molecule has 0 N–H and O–H groups in total. The highest BCUT2D eigenvalue weighted by Gasteiger charge is 2.18. The second-order valence-corrected chi connectivity index (χ2v) is 2.61. The molecule has 0 aliphatic heterocycles. The SMILES string of the molecule is CC(=O)/C=C(\C)[C]1[CH][CH][CH][CH]1. The molecular weight excluding hydrogens is 136 g/mol. The Morgan fingerprint density at radius 1 is 1.27 bits per heavy atom. The molecule has 0 heterocycles. The molecule has 1 saturated carbocycles. The Morgan fingerprint density at radius 2 is 1.82 bits per heavy atom. The third kappa shape index (κ3) is 2.49. The minimum Gasteiger partial charge on any atom is -0.295 e. The molecule has 0 spiro atoms. The van der Waals surface area contributed by atoms with Crippen molar-refractivity contribution in [1.29, 1.82) is 0 Å². The maximum absolute atomic E-state index is 10.7. The van der Waals surface area contributed by atoms with Gasteiger partial charge in [0.1, 0.15) is 0 Å². The maximum atomic E-state index is 10.7. The Labute approximate surface area is 68.5 Å². The largest absolute Gasteiger partial charge is 0.295 e. The summed E-state index contributed by atoms with van der Waals surface area (Å²) in [5, 5.41) is 0. The van der Waals surface area contributed by atoms with E-state index in [2.05, 4.69) is 0 Å². The molecule has 0 atom stereocenters. The number of allylic oxidation sites excluding steroid dienone is 2. The van der Waals surface area contributed by atoms with Crippen molar-refractivity contribution >= 4 is 5.78 Å². The van der Waals surface area contributed by atoms with Crippen molar-refractivity contribution in [2.75, 3.05) is 0 Å². The zero-order valence-corrected chi connectivity index (χ0v) is 6.79. The van der Waals surface area contributed by atoms with Crippen LogP contribution in [0.1, 0.15) is 13.8 Å². The van der Waals surface area contributed by atoms with E-state index in [-0.39, 0.29) is 5.78 Å². The molecule has 0 aromatic carbocycles. The predicted octanol–water partition coefficient (Wildman–Crippen LogP) is 1.93. The van der Waals surface area contributed by atoms with Gasteiger partial charge in [-0.15, -0.1) is 0 Å². The van der Waals surface area contributed by atoms with E-state index in [4.69, 9.17) is 0 Å². The number of rotatable bonds is 2. The fourth-order valence-corrected chi connectivity index (χ4v) is 1.03. The first-order valence-electron chi connectivity index (χ1n) is 3.61. The third-order valence-electron chi connectivity index (χ3n) is 1.54. The molecule has 1 heteroatoms. The minimum atomic E-state index is 0.101. The van der Waals surface area contributed by atoms with Crippen LogP contribution in [0.4, 0.5) is 0 Å². The highest BCUT2D eigenvalue weighted by Crippen LogP contribution is 2.29. The maximum Gasteiger partial charge on any atom is 0.152 e. The van der Waals surface area contributed by atoms with E-state index in [1.165, 1.54) is 0 Å². The van der Waals surface area contributed by atoms with Crippen LogP contribution in [0.25, 0.3) is 0 Å². The van der Waals surface area contributed by atoms with E-state index in [0.29, 0.717) is 0 Å². The van der Waals surface area contributed by atoms with Crippen LogP contribution in [0.5, 0.6) is 0 Å². The van der Waals surface area contributed by atoms with Gasteiger partial charge in [-0.25, -0.2) is 0 Å². The number of carbonyl (C=O) groups excluding carboxylic acids is 1. The first-order chi connectivity index (χ1) is 5.20. The lowest BCUT2D eigenvalue weighted by molar-refractivity contribution is -0.112. The normalized spacial score (nSPS) is 20.7. The van der Waals surface area contributed by atoms with Gasteiger partial charge in [0.05, 0.1) is 0 Å². The van der Waals surface area contributed by atoms with E-state index in [1.807, 2.05) is 32.6 Å². The molecule has 57 valence electrons. The van der Waals surface area contributed by atoms with E-state index in [9.17, 15) is 4.79 Å². The van der Waals surface area contributed by atoms with Gasteiger partial charge in [-0.1, -0.05) is 5.57 Å². The Balaban J connectivity index is 2.51. The van der Waals surface area contributed by atoms with Gasteiger partial charge in [0.2, 0.25) is 0 Å². The second kappa shape index (κ2) is 3.70. The third-order valence-corrected chi connectivity index (χ3v) is 1.54. The first-order valence-corrected chi connectivity index (χ1v) is 3.61. The Hall–Kier alpha value is -0.590. The minimum absolute atomic E-state index is 0.101. The van der Waals surface area contributed by atoms with E-state index in [1.54, 1.807) is 13.0 Å². The van der Waals surface area contributed by atoms with E-state index >= 15 is 0 Å². The standard InChI is InChI=1S/C10H11O/c1-8(7-9(2)11)10-5-3-4-6-10/h3-7H,1-2H3/b8-7+. The van der Waals surface area contributed by atoms with E-state index in [0.717, 1.165) is 11.5 Å². The molecule has 0 unspecified atom stereocenters. The van der Waals surface area contributed by atoms with Crippen LogP contribution in [-0.4, -0.2) is 5.78 Å². The predicted molar refractivity (Wildman–Crippen MR) is 44.9 cm³/mol. The molecular formula is C10H11O. The van der Waals surface area contributed by atoms with Crippen LogP contribution >= 0.6 is 0 Å². The summed E-state index contributed by atoms with van der Waals surface area (Å²) in [6.45, 7) is 3.50. The molecule has 0 aromatic heterocycles. The van der Waals surface area contributed by atoms with Crippen molar-refractivity contribution in [3.05, 3.63) is 43.3 Å². The highest BCUT2D eigenvalue weighted by molar-refractivity contribution is 5.88. The molecule has 1 rings (SSSR count). The van der Waals surface area contributed by atoms with Crippen LogP contribution in [-0.2, 0) is 4.79 Å². The average Bonchev–Trinajstić information content (AvgIpc) is 2.35. The summed E-state index contributed by atoms with van der Waals surface area (Å²) in [5.74, 6) is 1.23. The molecule has 1 aliphatic carbocycles. The van der Waals surface area contributed by atoms with Crippen molar-refractivity contribution < 1.29 is 4.79 Å². The molecule has 11 heavy (non-hydrogen) atoms. The van der Waals surface area contributed by atoms with E-state index < -0.39 is 0 Å². The molecule has 5 radical (unpaired) electrons. The summed E-state index contributed by atoms with van der Waals surface area (Å²) in [7, 11) is 0. The Morgan fingerprint density at radius 3 is 2.27 bits per heavy atom. The lowest BCUT2D eigenvalue weighted by Crippen LogP contribution is -1.96. The Bertz CT molecular complexity index is 173. The Kier molecular flexibility index (Phi) is 2.86. The lowest BCUT2D eigenvalue weighted by Gasteiger charge is -2.06. The van der Waals surface area contributed by atoms with Gasteiger partial charge < -0.3 is 0 Å². The summed E-state index contributed by atoms with van der Waals surface area (Å²) >= 11 is 0. The first kappa shape index (κ1) is 8.51. The molecule has 1 aliphatic rings. The van der Waals surface area contributed by atoms with Crippen LogP contribution < -0.4 is 0 Å². The van der Waals surface area contributed by atoms with Crippen molar-refractivity contribution in [2.45, 2.75) is 13.8 Å². The second-order valence-electron chi connectivity index (χ2n) is 2.61. The molecule has 0 bridgehead atoms. The molecule has 0 amide bonds. The quantitative estimate of drug-likeness (QED) is 0.545. The zero-order chi connectivity index (χ0) is 8.27. The van der Waals surface area contributed by atoms with Crippen LogP contribution in [0, 0.1) is 31.6 Å². The summed E-state index contributed by atoms with van der Waals surface area (Å²) in [6.07, 6.45) is 9.57. The van der Waals surface area contributed by atoms with Gasteiger partial charge in [-0.2, -0.15) is 0 Å². The fourth-order valence-electron chi connectivity index (χ4n) is 1.03. The lowest BCUT2D eigenvalue weighted by atomic mass is 9.98. The number of carbonyl (C=O) groups is 1. The van der Waals surface area contributed by atoms with Crippen LogP contribution in [0.3, 0.4) is 0 Å². The zero-order valence-electron chi connectivity index (χ0n) is 6.79. The van der Waals surface area contributed by atoms with Crippen molar-refractivity contribution in [3.8, 4) is 0 Å². The van der Waals surface area contributed by atoms with Crippen LogP contribution in [0.15, 0.2) is 11.6 Å². The van der Waals surface area contributed by atoms with Crippen LogP contribution in [0.2, 0.25) is 0 Å². The smallest absolute Gasteiger partial charge is 0.152 e. The van der Waals surface area contributed by atoms with Gasteiger partial charge in [0.15, 0.2) is 5.78 Å². The van der Waals surface area contributed by atoms with Crippen molar-refractivity contribution in [1.82, 2.24) is 0 Å². The molecule has 1 fully saturated rings. The van der Waals surface area contributed by atoms with Crippen molar-refractivity contribution in [2.24, 2.45) is 0 Å². The number of hydrogen-bond acceptors (Lipinski definition) is 1. The van der Waals surface area contributed by atoms with Gasteiger partial charge in [-0.3, -0.25) is 4.79 Å². The summed E-state index contributed by atoms with van der Waals surface area (Å²) < 4.78 is 0. The number of ketones is 1. The van der Waals surface area contributed by atoms with Crippen molar-refractivity contribution in [3.63, 3.8) is 0 Å². The molecule has 1 nitrogen and oxygen atoms in total. The average molecular weight is 147 g/mol. The number of hydrogen-bond donors (Lipinski definition) is 0. The highest BCUT2D eigenvalue weighted by atomic mass is 16.1.